The van der Waals surface area contributed by atoms with E-state index < -0.39 is 0 Å². The van der Waals surface area contributed by atoms with Crippen molar-refractivity contribution in [1.29, 1.82) is 0 Å². The molecule has 0 amide bonds. The molecule has 0 unspecified atom stereocenters. The molecule has 86 valence electrons. The topological polar surface area (TPSA) is 29.5 Å². The summed E-state index contributed by atoms with van der Waals surface area (Å²) in [7, 11) is 1.65. The maximum absolute atomic E-state index is 9.60. The molecule has 0 aliphatic carbocycles. The number of ether oxygens (including phenoxy) is 1. The maximum atomic E-state index is 9.60. The lowest BCUT2D eigenvalue weighted by atomic mass is 10.1. The van der Waals surface area contributed by atoms with Gasteiger partial charge in [-0.2, -0.15) is 0 Å². The van der Waals surface area contributed by atoms with Crippen LogP contribution in [0.15, 0.2) is 48.5 Å². The van der Waals surface area contributed by atoms with Gasteiger partial charge in [-0.3, -0.25) is 0 Å². The highest BCUT2D eigenvalue weighted by atomic mass is 16.5. The second kappa shape index (κ2) is 5.21. The summed E-state index contributed by atoms with van der Waals surface area (Å²) in [4.78, 5) is 0. The molecule has 17 heavy (non-hydrogen) atoms. The van der Waals surface area contributed by atoms with Gasteiger partial charge in [0, 0.05) is 5.56 Å². The van der Waals surface area contributed by atoms with E-state index in [1.165, 1.54) is 0 Å². The highest BCUT2D eigenvalue weighted by Crippen LogP contribution is 2.19. The maximum Gasteiger partial charge on any atom is 0.122 e. The number of hydrogen-bond acceptors (Lipinski definition) is 2. The van der Waals surface area contributed by atoms with Crippen LogP contribution in [0.1, 0.15) is 11.1 Å². The molecule has 0 aliphatic rings. The van der Waals surface area contributed by atoms with Gasteiger partial charge >= 0.3 is 0 Å². The van der Waals surface area contributed by atoms with E-state index in [1.54, 1.807) is 19.2 Å². The Morgan fingerprint density at radius 1 is 0.941 bits per heavy atom. The molecule has 0 saturated carbocycles. The van der Waals surface area contributed by atoms with Crippen molar-refractivity contribution in [2.24, 2.45) is 0 Å². The zero-order valence-corrected chi connectivity index (χ0v) is 9.63. The van der Waals surface area contributed by atoms with E-state index in [1.807, 2.05) is 48.6 Å². The van der Waals surface area contributed by atoms with Gasteiger partial charge in [-0.05, 0) is 23.8 Å². The van der Waals surface area contributed by atoms with Crippen molar-refractivity contribution in [3.05, 3.63) is 59.7 Å². The molecular formula is C15H14O2. The average Bonchev–Trinajstić information content (AvgIpc) is 2.38. The number of aromatic hydroxyl groups is 1. The first kappa shape index (κ1) is 11.3. The molecule has 0 radical (unpaired) electrons. The van der Waals surface area contributed by atoms with Crippen LogP contribution in [0.5, 0.6) is 11.5 Å². The molecule has 0 aliphatic heterocycles. The van der Waals surface area contributed by atoms with Crippen LogP contribution in [-0.4, -0.2) is 12.2 Å². The molecule has 0 fully saturated rings. The number of rotatable bonds is 3. The highest BCUT2D eigenvalue weighted by Gasteiger charge is 1.94. The summed E-state index contributed by atoms with van der Waals surface area (Å²) in [5.41, 5.74) is 1.87. The Morgan fingerprint density at radius 2 is 1.65 bits per heavy atom. The van der Waals surface area contributed by atoms with Crippen LogP contribution in [0.25, 0.3) is 12.2 Å². The lowest BCUT2D eigenvalue weighted by Crippen LogP contribution is -1.81. The Labute approximate surface area is 101 Å². The van der Waals surface area contributed by atoms with E-state index in [4.69, 9.17) is 4.74 Å². The molecule has 2 aromatic rings. The lowest BCUT2D eigenvalue weighted by molar-refractivity contribution is 0.415. The SMILES string of the molecule is COc1ccc(C=Cc2ccccc2O)cc1. The van der Waals surface area contributed by atoms with Crippen molar-refractivity contribution in [3.63, 3.8) is 0 Å². The summed E-state index contributed by atoms with van der Waals surface area (Å²) in [6.07, 6.45) is 3.84. The van der Waals surface area contributed by atoms with Crippen LogP contribution in [0.4, 0.5) is 0 Å². The lowest BCUT2D eigenvalue weighted by Gasteiger charge is -2.00. The molecule has 0 spiro atoms. The van der Waals surface area contributed by atoms with Crippen LogP contribution in [0.2, 0.25) is 0 Å². The highest BCUT2D eigenvalue weighted by molar-refractivity contribution is 5.72. The summed E-state index contributed by atoms with van der Waals surface area (Å²) in [5, 5.41) is 9.60. The molecule has 2 rings (SSSR count). The number of methoxy groups -OCH3 is 1. The average molecular weight is 226 g/mol. The Bertz CT molecular complexity index is 513. The van der Waals surface area contributed by atoms with Gasteiger partial charge in [0.1, 0.15) is 11.5 Å². The van der Waals surface area contributed by atoms with Crippen molar-refractivity contribution >= 4 is 12.2 Å². The Morgan fingerprint density at radius 3 is 2.29 bits per heavy atom. The summed E-state index contributed by atoms with van der Waals surface area (Å²) < 4.78 is 5.09. The van der Waals surface area contributed by atoms with Gasteiger partial charge in [-0.25, -0.2) is 0 Å². The number of phenolic OH excluding ortho intramolecular Hbond substituents is 1. The molecule has 0 heterocycles. The molecule has 0 bridgehead atoms. The predicted molar refractivity (Wildman–Crippen MR) is 70.0 cm³/mol. The molecule has 2 aromatic carbocycles. The second-order valence-electron chi connectivity index (χ2n) is 3.67. The third-order valence-electron chi connectivity index (χ3n) is 2.51. The molecule has 2 heteroatoms. The molecule has 0 saturated heterocycles. The quantitative estimate of drug-likeness (QED) is 0.811. The Hall–Kier alpha value is -2.22. The van der Waals surface area contributed by atoms with Gasteiger partial charge in [-0.1, -0.05) is 42.5 Å². The van der Waals surface area contributed by atoms with E-state index in [2.05, 4.69) is 0 Å². The van der Waals surface area contributed by atoms with Gasteiger partial charge in [0.2, 0.25) is 0 Å². The van der Waals surface area contributed by atoms with E-state index in [0.717, 1.165) is 16.9 Å². The molecular weight excluding hydrogens is 212 g/mol. The third kappa shape index (κ3) is 2.88. The Kier molecular flexibility index (Phi) is 3.46. The van der Waals surface area contributed by atoms with Crippen LogP contribution in [-0.2, 0) is 0 Å². The van der Waals surface area contributed by atoms with E-state index in [-0.39, 0.29) is 5.75 Å². The molecule has 0 aromatic heterocycles. The van der Waals surface area contributed by atoms with E-state index in [0.29, 0.717) is 0 Å². The summed E-state index contributed by atoms with van der Waals surface area (Å²) >= 11 is 0. The molecule has 0 atom stereocenters. The van der Waals surface area contributed by atoms with Gasteiger partial charge in [0.15, 0.2) is 0 Å². The van der Waals surface area contributed by atoms with Crippen molar-refractivity contribution in [1.82, 2.24) is 0 Å². The van der Waals surface area contributed by atoms with Gasteiger partial charge in [0.05, 0.1) is 7.11 Å². The van der Waals surface area contributed by atoms with E-state index in [9.17, 15) is 5.11 Å². The number of para-hydroxylation sites is 1. The minimum atomic E-state index is 0.289. The minimum absolute atomic E-state index is 0.289. The zero-order valence-electron chi connectivity index (χ0n) is 9.63. The predicted octanol–water partition coefficient (Wildman–Crippen LogP) is 3.57. The third-order valence-corrected chi connectivity index (χ3v) is 2.51. The summed E-state index contributed by atoms with van der Waals surface area (Å²) in [6, 6.07) is 15.0. The van der Waals surface area contributed by atoms with Gasteiger partial charge < -0.3 is 9.84 Å². The monoisotopic (exact) mass is 226 g/mol. The van der Waals surface area contributed by atoms with Gasteiger partial charge in [-0.15, -0.1) is 0 Å². The first-order valence-electron chi connectivity index (χ1n) is 5.40. The number of benzene rings is 2. The fourth-order valence-corrected chi connectivity index (χ4v) is 1.53. The van der Waals surface area contributed by atoms with E-state index >= 15 is 0 Å². The zero-order chi connectivity index (χ0) is 12.1. The first-order chi connectivity index (χ1) is 8.29. The first-order valence-corrected chi connectivity index (χ1v) is 5.40. The smallest absolute Gasteiger partial charge is 0.122 e. The number of phenols is 1. The Balaban J connectivity index is 2.17. The number of hydrogen-bond donors (Lipinski definition) is 1. The second-order valence-corrected chi connectivity index (χ2v) is 3.67. The van der Waals surface area contributed by atoms with Crippen LogP contribution < -0.4 is 4.74 Å². The fraction of sp³-hybridized carbons (Fsp3) is 0.0667. The minimum Gasteiger partial charge on any atom is -0.507 e. The van der Waals surface area contributed by atoms with Crippen LogP contribution >= 0.6 is 0 Å². The van der Waals surface area contributed by atoms with Crippen molar-refractivity contribution in [2.45, 2.75) is 0 Å². The summed E-state index contributed by atoms with van der Waals surface area (Å²) in [6.45, 7) is 0. The van der Waals surface area contributed by atoms with Crippen molar-refractivity contribution in [2.75, 3.05) is 7.11 Å². The normalized spacial score (nSPS) is 10.6. The van der Waals surface area contributed by atoms with Crippen molar-refractivity contribution < 1.29 is 9.84 Å². The van der Waals surface area contributed by atoms with Gasteiger partial charge in [0.25, 0.3) is 0 Å². The standard InChI is InChI=1S/C15H14O2/c1-17-14-10-7-12(8-11-14)6-9-13-4-2-3-5-15(13)16/h2-11,16H,1H3. The summed E-state index contributed by atoms with van der Waals surface area (Å²) in [5.74, 6) is 1.13. The fourth-order valence-electron chi connectivity index (χ4n) is 1.53. The van der Waals surface area contributed by atoms with Crippen molar-refractivity contribution in [3.8, 4) is 11.5 Å². The van der Waals surface area contributed by atoms with Crippen LogP contribution in [0, 0.1) is 0 Å². The molecule has 1 N–H and O–H groups in total. The molecule has 2 nitrogen and oxygen atoms in total. The van der Waals surface area contributed by atoms with Crippen LogP contribution in [0.3, 0.4) is 0 Å². The largest absolute Gasteiger partial charge is 0.507 e.